The molecule has 0 aliphatic carbocycles. The maximum atomic E-state index is 5.55. The molecule has 1 saturated heterocycles. The van der Waals surface area contributed by atoms with Gasteiger partial charge in [0.25, 0.3) is 0 Å². The molecule has 0 aromatic carbocycles. The van der Waals surface area contributed by atoms with Crippen molar-refractivity contribution in [2.24, 2.45) is 17.6 Å². The van der Waals surface area contributed by atoms with Crippen molar-refractivity contribution in [3.63, 3.8) is 0 Å². The standard InChI is InChI=1S/C13H28N2/c1-11(5-4-8-14)9-15-10-12(2)6-7-13(15)3/h11-13H,4-10,14H2,1-3H3. The molecule has 2 nitrogen and oxygen atoms in total. The highest BCUT2D eigenvalue weighted by atomic mass is 15.2. The fourth-order valence-electron chi connectivity index (χ4n) is 2.59. The third kappa shape index (κ3) is 4.52. The van der Waals surface area contributed by atoms with Crippen LogP contribution in [-0.2, 0) is 0 Å². The molecule has 2 N–H and O–H groups in total. The normalized spacial score (nSPS) is 30.4. The average molecular weight is 212 g/mol. The van der Waals surface area contributed by atoms with E-state index in [2.05, 4.69) is 25.7 Å². The SMILES string of the molecule is CC(CCCN)CN1CC(C)CCC1C. The summed E-state index contributed by atoms with van der Waals surface area (Å²) in [6.07, 6.45) is 5.26. The first kappa shape index (κ1) is 13.0. The molecule has 3 atom stereocenters. The predicted octanol–water partition coefficient (Wildman–Crippen LogP) is 2.48. The van der Waals surface area contributed by atoms with Crippen molar-refractivity contribution in [3.05, 3.63) is 0 Å². The highest BCUT2D eigenvalue weighted by Gasteiger charge is 2.23. The van der Waals surface area contributed by atoms with Crippen LogP contribution in [0.2, 0.25) is 0 Å². The molecule has 1 aliphatic heterocycles. The van der Waals surface area contributed by atoms with E-state index in [-0.39, 0.29) is 0 Å². The van der Waals surface area contributed by atoms with E-state index < -0.39 is 0 Å². The Morgan fingerprint density at radius 2 is 2.07 bits per heavy atom. The first-order valence-corrected chi connectivity index (χ1v) is 6.57. The lowest BCUT2D eigenvalue weighted by molar-refractivity contribution is 0.106. The number of hydrogen-bond acceptors (Lipinski definition) is 2. The van der Waals surface area contributed by atoms with Crippen LogP contribution in [0.1, 0.15) is 46.5 Å². The Bertz CT molecular complexity index is 170. The molecular formula is C13H28N2. The summed E-state index contributed by atoms with van der Waals surface area (Å²) in [4.78, 5) is 2.68. The number of likely N-dealkylation sites (tertiary alicyclic amines) is 1. The highest BCUT2D eigenvalue weighted by molar-refractivity contribution is 4.78. The van der Waals surface area contributed by atoms with Crippen molar-refractivity contribution < 1.29 is 0 Å². The van der Waals surface area contributed by atoms with Crippen molar-refractivity contribution in [2.45, 2.75) is 52.5 Å². The van der Waals surface area contributed by atoms with E-state index in [0.29, 0.717) is 0 Å². The van der Waals surface area contributed by atoms with Gasteiger partial charge in [-0.2, -0.15) is 0 Å². The first-order chi connectivity index (χ1) is 7.13. The molecule has 0 bridgehead atoms. The first-order valence-electron chi connectivity index (χ1n) is 6.57. The smallest absolute Gasteiger partial charge is 0.00672 e. The summed E-state index contributed by atoms with van der Waals surface area (Å²) in [7, 11) is 0. The molecule has 0 aromatic rings. The summed E-state index contributed by atoms with van der Waals surface area (Å²) in [5.74, 6) is 1.70. The fourth-order valence-corrected chi connectivity index (χ4v) is 2.59. The molecule has 3 unspecified atom stereocenters. The lowest BCUT2D eigenvalue weighted by atomic mass is 9.93. The minimum Gasteiger partial charge on any atom is -0.330 e. The van der Waals surface area contributed by atoms with Crippen LogP contribution in [0.4, 0.5) is 0 Å². The van der Waals surface area contributed by atoms with Crippen molar-refractivity contribution in [1.29, 1.82) is 0 Å². The molecular weight excluding hydrogens is 184 g/mol. The van der Waals surface area contributed by atoms with Crippen LogP contribution in [0.5, 0.6) is 0 Å². The van der Waals surface area contributed by atoms with Crippen LogP contribution in [0, 0.1) is 11.8 Å². The average Bonchev–Trinajstić information content (AvgIpc) is 2.20. The summed E-state index contributed by atoms with van der Waals surface area (Å²) in [5.41, 5.74) is 5.55. The Kier molecular flexibility index (Phi) is 5.62. The fraction of sp³-hybridized carbons (Fsp3) is 1.00. The van der Waals surface area contributed by atoms with Gasteiger partial charge in [0, 0.05) is 19.1 Å². The highest BCUT2D eigenvalue weighted by Crippen LogP contribution is 2.22. The Morgan fingerprint density at radius 1 is 1.33 bits per heavy atom. The number of nitrogens with zero attached hydrogens (tertiary/aromatic N) is 1. The zero-order valence-corrected chi connectivity index (χ0v) is 10.7. The Balaban J connectivity index is 2.28. The van der Waals surface area contributed by atoms with E-state index in [1.165, 1.54) is 38.8 Å². The van der Waals surface area contributed by atoms with Gasteiger partial charge in [-0.3, -0.25) is 0 Å². The number of hydrogen-bond donors (Lipinski definition) is 1. The Hall–Kier alpha value is -0.0800. The van der Waals surface area contributed by atoms with E-state index in [1.54, 1.807) is 0 Å². The molecule has 1 fully saturated rings. The summed E-state index contributed by atoms with van der Waals surface area (Å²) in [6.45, 7) is 10.5. The summed E-state index contributed by atoms with van der Waals surface area (Å²) < 4.78 is 0. The zero-order valence-electron chi connectivity index (χ0n) is 10.7. The minimum atomic E-state index is 0.793. The molecule has 2 heteroatoms. The largest absolute Gasteiger partial charge is 0.330 e. The van der Waals surface area contributed by atoms with E-state index in [4.69, 9.17) is 5.73 Å². The molecule has 0 radical (unpaired) electrons. The van der Waals surface area contributed by atoms with E-state index in [9.17, 15) is 0 Å². The van der Waals surface area contributed by atoms with Crippen LogP contribution in [0.25, 0.3) is 0 Å². The van der Waals surface area contributed by atoms with Crippen molar-refractivity contribution in [1.82, 2.24) is 4.90 Å². The van der Waals surface area contributed by atoms with Crippen molar-refractivity contribution in [2.75, 3.05) is 19.6 Å². The second-order valence-corrected chi connectivity index (χ2v) is 5.52. The van der Waals surface area contributed by atoms with Gasteiger partial charge in [-0.1, -0.05) is 13.8 Å². The molecule has 0 saturated carbocycles. The lowest BCUT2D eigenvalue weighted by Crippen LogP contribution is -2.43. The van der Waals surface area contributed by atoms with Crippen LogP contribution >= 0.6 is 0 Å². The Morgan fingerprint density at radius 3 is 2.73 bits per heavy atom. The van der Waals surface area contributed by atoms with Gasteiger partial charge in [-0.25, -0.2) is 0 Å². The summed E-state index contributed by atoms with van der Waals surface area (Å²) >= 11 is 0. The molecule has 0 amide bonds. The summed E-state index contributed by atoms with van der Waals surface area (Å²) in [6, 6.07) is 0.793. The van der Waals surface area contributed by atoms with Gasteiger partial charge in [0.15, 0.2) is 0 Å². The maximum absolute atomic E-state index is 5.55. The van der Waals surface area contributed by atoms with Crippen LogP contribution in [-0.4, -0.2) is 30.6 Å². The van der Waals surface area contributed by atoms with E-state index in [1.807, 2.05) is 0 Å². The van der Waals surface area contributed by atoms with Crippen LogP contribution < -0.4 is 5.73 Å². The van der Waals surface area contributed by atoms with Crippen LogP contribution in [0.3, 0.4) is 0 Å². The second-order valence-electron chi connectivity index (χ2n) is 5.52. The van der Waals surface area contributed by atoms with Gasteiger partial charge < -0.3 is 10.6 Å². The molecule has 1 aliphatic rings. The molecule has 1 rings (SSSR count). The molecule has 0 aromatic heterocycles. The van der Waals surface area contributed by atoms with Crippen molar-refractivity contribution >= 4 is 0 Å². The third-order valence-corrected chi connectivity index (χ3v) is 3.69. The van der Waals surface area contributed by atoms with Crippen LogP contribution in [0.15, 0.2) is 0 Å². The topological polar surface area (TPSA) is 29.3 Å². The van der Waals surface area contributed by atoms with E-state index >= 15 is 0 Å². The second kappa shape index (κ2) is 6.49. The monoisotopic (exact) mass is 212 g/mol. The zero-order chi connectivity index (χ0) is 11.3. The molecule has 90 valence electrons. The van der Waals surface area contributed by atoms with Crippen molar-refractivity contribution in [3.8, 4) is 0 Å². The Labute approximate surface area is 95.2 Å². The number of nitrogens with two attached hydrogens (primary N) is 1. The molecule has 1 heterocycles. The number of piperidine rings is 1. The predicted molar refractivity (Wildman–Crippen MR) is 66.9 cm³/mol. The van der Waals surface area contributed by atoms with Gasteiger partial charge in [0.2, 0.25) is 0 Å². The molecule has 0 spiro atoms. The third-order valence-electron chi connectivity index (χ3n) is 3.69. The van der Waals surface area contributed by atoms with Gasteiger partial charge >= 0.3 is 0 Å². The van der Waals surface area contributed by atoms with Gasteiger partial charge in [-0.15, -0.1) is 0 Å². The molecule has 15 heavy (non-hydrogen) atoms. The van der Waals surface area contributed by atoms with E-state index in [0.717, 1.165) is 24.4 Å². The quantitative estimate of drug-likeness (QED) is 0.758. The number of rotatable bonds is 5. The van der Waals surface area contributed by atoms with Gasteiger partial charge in [0.05, 0.1) is 0 Å². The maximum Gasteiger partial charge on any atom is 0.00672 e. The van der Waals surface area contributed by atoms with Gasteiger partial charge in [-0.05, 0) is 51.0 Å². The minimum absolute atomic E-state index is 0.793. The van der Waals surface area contributed by atoms with Gasteiger partial charge in [0.1, 0.15) is 0 Å². The lowest BCUT2D eigenvalue weighted by Gasteiger charge is -2.38. The summed E-state index contributed by atoms with van der Waals surface area (Å²) in [5, 5.41) is 0.